The largest absolute Gasteiger partial charge is 0.416 e. The highest BCUT2D eigenvalue weighted by molar-refractivity contribution is 5.76. The van der Waals surface area contributed by atoms with Crippen molar-refractivity contribution < 1.29 is 18.0 Å². The molecule has 0 N–H and O–H groups in total. The fourth-order valence-corrected chi connectivity index (χ4v) is 3.10. The molecular weight excluding hydrogens is 343 g/mol. The predicted octanol–water partition coefficient (Wildman–Crippen LogP) is 3.33. The average molecular weight is 363 g/mol. The van der Waals surface area contributed by atoms with Gasteiger partial charge in [0.2, 0.25) is 5.91 Å². The van der Waals surface area contributed by atoms with Crippen molar-refractivity contribution in [1.29, 1.82) is 0 Å². The van der Waals surface area contributed by atoms with Gasteiger partial charge in [0.15, 0.2) is 0 Å². The van der Waals surface area contributed by atoms with E-state index in [1.165, 1.54) is 17.0 Å². The van der Waals surface area contributed by atoms with E-state index in [2.05, 4.69) is 9.88 Å². The molecule has 1 amide bonds. The third kappa shape index (κ3) is 4.60. The summed E-state index contributed by atoms with van der Waals surface area (Å²) in [6.45, 7) is 2.19. The predicted molar refractivity (Wildman–Crippen MR) is 91.0 cm³/mol. The number of carbonyl (C=O) groups excluding carboxylic acids is 1. The summed E-state index contributed by atoms with van der Waals surface area (Å²) in [5.41, 5.74) is 0.365. The molecule has 1 aliphatic rings. The van der Waals surface area contributed by atoms with Crippen LogP contribution in [-0.2, 0) is 24.1 Å². The van der Waals surface area contributed by atoms with Crippen LogP contribution in [0.2, 0.25) is 0 Å². The van der Waals surface area contributed by atoms with Crippen molar-refractivity contribution in [3.8, 4) is 0 Å². The van der Waals surface area contributed by atoms with Crippen molar-refractivity contribution in [2.75, 3.05) is 19.6 Å². The molecule has 1 saturated heterocycles. The summed E-state index contributed by atoms with van der Waals surface area (Å²) in [5, 5.41) is 0. The Balaban J connectivity index is 1.68. The summed E-state index contributed by atoms with van der Waals surface area (Å²) < 4.78 is 39.5. The van der Waals surface area contributed by atoms with Gasteiger partial charge < -0.3 is 4.90 Å². The molecule has 1 aromatic carbocycles. The lowest BCUT2D eigenvalue weighted by Crippen LogP contribution is -2.33. The first kappa shape index (κ1) is 18.4. The number of hydrogen-bond donors (Lipinski definition) is 0. The van der Waals surface area contributed by atoms with Crippen LogP contribution < -0.4 is 0 Å². The molecule has 0 aliphatic carbocycles. The van der Waals surface area contributed by atoms with Gasteiger partial charge in [-0.25, -0.2) is 0 Å². The van der Waals surface area contributed by atoms with Crippen molar-refractivity contribution in [1.82, 2.24) is 14.8 Å². The summed E-state index contributed by atoms with van der Waals surface area (Å²) in [6, 6.07) is 11.1. The van der Waals surface area contributed by atoms with E-state index in [4.69, 9.17) is 0 Å². The third-order valence-corrected chi connectivity index (χ3v) is 4.48. The Morgan fingerprint density at radius 3 is 2.46 bits per heavy atom. The van der Waals surface area contributed by atoms with E-state index < -0.39 is 11.7 Å². The molecule has 1 aromatic heterocycles. The van der Waals surface area contributed by atoms with Gasteiger partial charge in [-0.05, 0) is 23.8 Å². The van der Waals surface area contributed by atoms with Crippen LogP contribution in [0.1, 0.15) is 23.2 Å². The average Bonchev–Trinajstić information content (AvgIpc) is 2.78. The normalized spacial score (nSPS) is 16.6. The Kier molecular flexibility index (Phi) is 5.56. The van der Waals surface area contributed by atoms with Gasteiger partial charge in [-0.1, -0.05) is 24.3 Å². The van der Waals surface area contributed by atoms with Gasteiger partial charge >= 0.3 is 6.18 Å². The molecule has 7 heteroatoms. The summed E-state index contributed by atoms with van der Waals surface area (Å²) in [5.74, 6) is -0.120. The van der Waals surface area contributed by atoms with Crippen LogP contribution in [0.25, 0.3) is 0 Å². The Hall–Kier alpha value is -2.41. The van der Waals surface area contributed by atoms with Gasteiger partial charge in [0.1, 0.15) is 0 Å². The maximum Gasteiger partial charge on any atom is 0.416 e. The molecule has 3 rings (SSSR count). The van der Waals surface area contributed by atoms with Crippen molar-refractivity contribution in [2.24, 2.45) is 0 Å². The fourth-order valence-electron chi connectivity index (χ4n) is 3.10. The molecule has 0 saturated carbocycles. The molecule has 2 aromatic rings. The van der Waals surface area contributed by atoms with Gasteiger partial charge in [0.25, 0.3) is 0 Å². The molecule has 0 atom stereocenters. The van der Waals surface area contributed by atoms with Crippen molar-refractivity contribution in [3.63, 3.8) is 0 Å². The zero-order valence-corrected chi connectivity index (χ0v) is 14.2. The smallest absolute Gasteiger partial charge is 0.337 e. The van der Waals surface area contributed by atoms with E-state index in [1.54, 1.807) is 12.3 Å². The Morgan fingerprint density at radius 1 is 0.962 bits per heavy atom. The highest BCUT2D eigenvalue weighted by atomic mass is 19.4. The highest BCUT2D eigenvalue weighted by Gasteiger charge is 2.33. The van der Waals surface area contributed by atoms with E-state index in [-0.39, 0.29) is 18.0 Å². The summed E-state index contributed by atoms with van der Waals surface area (Å²) in [4.78, 5) is 20.3. The zero-order valence-electron chi connectivity index (χ0n) is 14.2. The van der Waals surface area contributed by atoms with Crippen LogP contribution in [0.3, 0.4) is 0 Å². The number of alkyl halides is 3. The Bertz CT molecular complexity index is 749. The number of halogens is 3. The second-order valence-corrected chi connectivity index (χ2v) is 6.32. The molecule has 0 unspecified atom stereocenters. The van der Waals surface area contributed by atoms with E-state index in [0.29, 0.717) is 32.6 Å². The summed E-state index contributed by atoms with van der Waals surface area (Å²) in [7, 11) is 0. The lowest BCUT2D eigenvalue weighted by atomic mass is 10.1. The number of aromatic nitrogens is 1. The zero-order chi connectivity index (χ0) is 18.6. The lowest BCUT2D eigenvalue weighted by molar-refractivity contribution is -0.139. The fraction of sp³-hybridized carbons (Fsp3) is 0.368. The van der Waals surface area contributed by atoms with Crippen LogP contribution in [0.15, 0.2) is 48.7 Å². The molecule has 0 radical (unpaired) electrons. The van der Waals surface area contributed by atoms with Crippen LogP contribution in [0, 0.1) is 0 Å². The summed E-state index contributed by atoms with van der Waals surface area (Å²) >= 11 is 0. The van der Waals surface area contributed by atoms with Crippen molar-refractivity contribution in [2.45, 2.75) is 25.7 Å². The maximum atomic E-state index is 13.2. The second kappa shape index (κ2) is 7.86. The van der Waals surface area contributed by atoms with Gasteiger partial charge in [0.05, 0.1) is 11.3 Å². The van der Waals surface area contributed by atoms with Crippen LogP contribution in [0.4, 0.5) is 13.2 Å². The molecule has 1 fully saturated rings. The first-order chi connectivity index (χ1) is 12.4. The maximum absolute atomic E-state index is 13.2. The molecule has 2 heterocycles. The van der Waals surface area contributed by atoms with Gasteiger partial charge in [-0.2, -0.15) is 13.2 Å². The minimum absolute atomic E-state index is 0.0219. The molecular formula is C19H20F3N3O. The lowest BCUT2D eigenvalue weighted by Gasteiger charge is -2.23. The topological polar surface area (TPSA) is 36.4 Å². The van der Waals surface area contributed by atoms with E-state index in [0.717, 1.165) is 11.8 Å². The minimum Gasteiger partial charge on any atom is -0.337 e. The second-order valence-electron chi connectivity index (χ2n) is 6.32. The van der Waals surface area contributed by atoms with Gasteiger partial charge in [-0.3, -0.25) is 14.7 Å². The number of benzene rings is 1. The number of rotatable bonds is 4. The number of pyridine rings is 1. The quantitative estimate of drug-likeness (QED) is 0.836. The van der Waals surface area contributed by atoms with Gasteiger partial charge in [0, 0.05) is 45.3 Å². The Morgan fingerprint density at radius 2 is 1.73 bits per heavy atom. The third-order valence-electron chi connectivity index (χ3n) is 4.48. The van der Waals surface area contributed by atoms with E-state index >= 15 is 0 Å². The number of hydrogen-bond acceptors (Lipinski definition) is 3. The van der Waals surface area contributed by atoms with Crippen LogP contribution >= 0.6 is 0 Å². The van der Waals surface area contributed by atoms with E-state index in [1.807, 2.05) is 18.2 Å². The number of nitrogens with zero attached hydrogens (tertiary/aromatic N) is 3. The number of amides is 1. The van der Waals surface area contributed by atoms with Crippen molar-refractivity contribution in [3.05, 3.63) is 65.5 Å². The highest BCUT2D eigenvalue weighted by Crippen LogP contribution is 2.32. The first-order valence-electron chi connectivity index (χ1n) is 8.48. The Labute approximate surface area is 150 Å². The van der Waals surface area contributed by atoms with Crippen LogP contribution in [-0.4, -0.2) is 40.3 Å². The molecule has 0 bridgehead atoms. The molecule has 1 aliphatic heterocycles. The molecule has 26 heavy (non-hydrogen) atoms. The monoisotopic (exact) mass is 363 g/mol. The standard InChI is InChI=1S/C19H20F3N3O/c20-19(21,22)17-7-2-1-5-15(17)13-25-12-11-24(10-8-18(25)26)14-16-6-3-4-9-23-16/h1-7,9H,8,10-14H2. The molecule has 138 valence electrons. The van der Waals surface area contributed by atoms with Crippen LogP contribution in [0.5, 0.6) is 0 Å². The molecule has 0 spiro atoms. The molecule has 4 nitrogen and oxygen atoms in total. The SMILES string of the molecule is O=C1CCN(Cc2ccccn2)CCN1Cc1ccccc1C(F)(F)F. The minimum atomic E-state index is -4.42. The first-order valence-corrected chi connectivity index (χ1v) is 8.48. The number of carbonyl (C=O) groups is 1. The summed E-state index contributed by atoms with van der Waals surface area (Å²) in [6.07, 6.45) is -2.41. The van der Waals surface area contributed by atoms with Gasteiger partial charge in [-0.15, -0.1) is 0 Å². The van der Waals surface area contributed by atoms with E-state index in [9.17, 15) is 18.0 Å². The van der Waals surface area contributed by atoms with Crippen molar-refractivity contribution >= 4 is 5.91 Å².